The Morgan fingerprint density at radius 3 is 2.56 bits per heavy atom. The lowest BCUT2D eigenvalue weighted by atomic mass is 10.1. The zero-order valence-electron chi connectivity index (χ0n) is 11.1. The number of hydrogen-bond acceptors (Lipinski definition) is 5. The number of hydrogen-bond donors (Lipinski definition) is 2. The highest BCUT2D eigenvalue weighted by molar-refractivity contribution is 5.41. The van der Waals surface area contributed by atoms with Gasteiger partial charge in [0.2, 0.25) is 0 Å². The minimum absolute atomic E-state index is 0.0679. The van der Waals surface area contributed by atoms with Crippen molar-refractivity contribution in [2.24, 2.45) is 0 Å². The molecule has 1 unspecified atom stereocenters. The molecule has 102 valence electrons. The Morgan fingerprint density at radius 2 is 2.00 bits per heavy atom. The molecule has 0 aliphatic carbocycles. The molecule has 2 N–H and O–H groups in total. The molecular formula is C13H21NO4. The Morgan fingerprint density at radius 1 is 1.28 bits per heavy atom. The van der Waals surface area contributed by atoms with Crippen molar-refractivity contribution in [2.75, 3.05) is 41.0 Å². The topological polar surface area (TPSA) is 62.2 Å². The average Bonchev–Trinajstić information content (AvgIpc) is 2.38. The zero-order chi connectivity index (χ0) is 13.5. The monoisotopic (exact) mass is 255 g/mol. The van der Waals surface area contributed by atoms with E-state index in [9.17, 15) is 5.11 Å². The molecule has 1 aromatic carbocycles. The first-order valence-corrected chi connectivity index (χ1v) is 5.81. The number of methoxy groups -OCH3 is 2. The lowest BCUT2D eigenvalue weighted by Gasteiger charge is -2.21. The quantitative estimate of drug-likeness (QED) is 0.749. The normalized spacial score (nSPS) is 12.6. The first-order chi connectivity index (χ1) is 8.62. The summed E-state index contributed by atoms with van der Waals surface area (Å²) in [5, 5.41) is 19.0. The molecule has 0 aliphatic heterocycles. The maximum absolute atomic E-state index is 10.2. The van der Waals surface area contributed by atoms with Crippen LogP contribution in [-0.4, -0.2) is 56.1 Å². The predicted molar refractivity (Wildman–Crippen MR) is 69.1 cm³/mol. The number of rotatable bonds is 7. The van der Waals surface area contributed by atoms with E-state index in [-0.39, 0.29) is 6.61 Å². The van der Waals surface area contributed by atoms with Crippen molar-refractivity contribution in [2.45, 2.75) is 6.10 Å². The van der Waals surface area contributed by atoms with Gasteiger partial charge in [-0.3, -0.25) is 0 Å². The van der Waals surface area contributed by atoms with Crippen molar-refractivity contribution in [3.8, 4) is 11.5 Å². The number of benzene rings is 1. The van der Waals surface area contributed by atoms with Crippen LogP contribution in [0.15, 0.2) is 18.2 Å². The second-order valence-electron chi connectivity index (χ2n) is 4.11. The molecule has 0 aliphatic rings. The summed E-state index contributed by atoms with van der Waals surface area (Å²) in [6.45, 7) is 1.01. The smallest absolute Gasteiger partial charge is 0.124 e. The summed E-state index contributed by atoms with van der Waals surface area (Å²) in [6.07, 6.45) is -0.688. The van der Waals surface area contributed by atoms with Crippen LogP contribution < -0.4 is 9.47 Å². The number of nitrogens with zero attached hydrogens (tertiary/aromatic N) is 1. The Labute approximate surface area is 108 Å². The van der Waals surface area contributed by atoms with Gasteiger partial charge in [-0.15, -0.1) is 0 Å². The van der Waals surface area contributed by atoms with Gasteiger partial charge in [0.05, 0.1) is 26.9 Å². The van der Waals surface area contributed by atoms with Gasteiger partial charge in [-0.2, -0.15) is 0 Å². The van der Waals surface area contributed by atoms with Crippen LogP contribution in [0, 0.1) is 0 Å². The number of ether oxygens (including phenoxy) is 2. The summed E-state index contributed by atoms with van der Waals surface area (Å²) in [4.78, 5) is 1.85. The van der Waals surface area contributed by atoms with Gasteiger partial charge < -0.3 is 24.6 Å². The van der Waals surface area contributed by atoms with E-state index in [1.165, 1.54) is 0 Å². The summed E-state index contributed by atoms with van der Waals surface area (Å²) in [6, 6.07) is 5.31. The first-order valence-electron chi connectivity index (χ1n) is 5.81. The lowest BCUT2D eigenvalue weighted by molar-refractivity contribution is 0.112. The van der Waals surface area contributed by atoms with Crippen LogP contribution in [-0.2, 0) is 0 Å². The first kappa shape index (κ1) is 14.8. The van der Waals surface area contributed by atoms with E-state index < -0.39 is 6.10 Å². The van der Waals surface area contributed by atoms with Crippen LogP contribution in [0.2, 0.25) is 0 Å². The molecule has 1 rings (SSSR count). The van der Waals surface area contributed by atoms with Gasteiger partial charge >= 0.3 is 0 Å². The van der Waals surface area contributed by atoms with Crippen molar-refractivity contribution < 1.29 is 19.7 Å². The van der Waals surface area contributed by atoms with Gasteiger partial charge in [-0.1, -0.05) is 0 Å². The van der Waals surface area contributed by atoms with E-state index in [1.807, 2.05) is 11.9 Å². The Bertz CT molecular complexity index is 370. The number of aliphatic hydroxyl groups excluding tert-OH is 2. The van der Waals surface area contributed by atoms with Crippen molar-refractivity contribution in [3.63, 3.8) is 0 Å². The van der Waals surface area contributed by atoms with Crippen molar-refractivity contribution in [1.82, 2.24) is 4.90 Å². The van der Waals surface area contributed by atoms with E-state index in [1.54, 1.807) is 32.4 Å². The fraction of sp³-hybridized carbons (Fsp3) is 0.538. The van der Waals surface area contributed by atoms with Crippen LogP contribution in [0.25, 0.3) is 0 Å². The molecule has 0 heterocycles. The number of aliphatic hydroxyl groups is 2. The molecule has 0 radical (unpaired) electrons. The van der Waals surface area contributed by atoms with Gasteiger partial charge in [0, 0.05) is 18.7 Å². The molecule has 1 atom stereocenters. The molecule has 5 nitrogen and oxygen atoms in total. The minimum atomic E-state index is -0.688. The van der Waals surface area contributed by atoms with Gasteiger partial charge in [-0.05, 0) is 25.2 Å². The third-order valence-electron chi connectivity index (χ3n) is 2.76. The highest BCUT2D eigenvalue weighted by Crippen LogP contribution is 2.29. The molecule has 0 spiro atoms. The minimum Gasteiger partial charge on any atom is -0.497 e. The Kier molecular flexibility index (Phi) is 5.91. The summed E-state index contributed by atoms with van der Waals surface area (Å²) >= 11 is 0. The molecule has 0 aromatic heterocycles. The van der Waals surface area contributed by atoms with Gasteiger partial charge in [-0.25, -0.2) is 0 Å². The second-order valence-corrected chi connectivity index (χ2v) is 4.11. The van der Waals surface area contributed by atoms with Crippen LogP contribution in [0.5, 0.6) is 11.5 Å². The van der Waals surface area contributed by atoms with Crippen LogP contribution >= 0.6 is 0 Å². The third kappa shape index (κ3) is 3.87. The summed E-state index contributed by atoms with van der Waals surface area (Å²) in [7, 11) is 4.98. The molecule has 5 heteroatoms. The van der Waals surface area contributed by atoms with Crippen molar-refractivity contribution in [3.05, 3.63) is 23.8 Å². The van der Waals surface area contributed by atoms with Crippen LogP contribution in [0.4, 0.5) is 0 Å². The highest BCUT2D eigenvalue weighted by atomic mass is 16.5. The summed E-state index contributed by atoms with van der Waals surface area (Å²) in [5.74, 6) is 1.30. The van der Waals surface area contributed by atoms with E-state index in [4.69, 9.17) is 14.6 Å². The summed E-state index contributed by atoms with van der Waals surface area (Å²) in [5.41, 5.74) is 0.682. The van der Waals surface area contributed by atoms with E-state index in [2.05, 4.69) is 0 Å². The maximum atomic E-state index is 10.2. The largest absolute Gasteiger partial charge is 0.497 e. The van der Waals surface area contributed by atoms with Gasteiger partial charge in [0.1, 0.15) is 11.5 Å². The predicted octanol–water partition coefficient (Wildman–Crippen LogP) is 0.661. The molecule has 18 heavy (non-hydrogen) atoms. The fourth-order valence-corrected chi connectivity index (χ4v) is 1.76. The highest BCUT2D eigenvalue weighted by Gasteiger charge is 2.16. The average molecular weight is 255 g/mol. The zero-order valence-corrected chi connectivity index (χ0v) is 11.1. The van der Waals surface area contributed by atoms with E-state index in [0.717, 1.165) is 0 Å². The second kappa shape index (κ2) is 7.20. The van der Waals surface area contributed by atoms with Crippen LogP contribution in [0.1, 0.15) is 11.7 Å². The molecule has 1 aromatic rings. The number of likely N-dealkylation sites (N-methyl/N-ethyl adjacent to an activating group) is 1. The Balaban J connectivity index is 2.85. The lowest BCUT2D eigenvalue weighted by Crippen LogP contribution is -2.27. The molecular weight excluding hydrogens is 234 g/mol. The van der Waals surface area contributed by atoms with E-state index >= 15 is 0 Å². The Hall–Kier alpha value is -1.30. The molecule has 0 amide bonds. The van der Waals surface area contributed by atoms with Crippen LogP contribution in [0.3, 0.4) is 0 Å². The molecule has 0 saturated heterocycles. The fourth-order valence-electron chi connectivity index (χ4n) is 1.76. The van der Waals surface area contributed by atoms with Crippen molar-refractivity contribution in [1.29, 1.82) is 0 Å². The summed E-state index contributed by atoms with van der Waals surface area (Å²) < 4.78 is 10.4. The maximum Gasteiger partial charge on any atom is 0.124 e. The molecule has 0 bridgehead atoms. The molecule has 0 fully saturated rings. The SMILES string of the molecule is COc1ccc(OC)c(C(O)CN(C)CCO)c1. The van der Waals surface area contributed by atoms with E-state index in [0.29, 0.717) is 30.2 Å². The third-order valence-corrected chi connectivity index (χ3v) is 2.76. The van der Waals surface area contributed by atoms with Crippen molar-refractivity contribution >= 4 is 0 Å². The standard InChI is InChI=1S/C13H21NO4/c1-14(6-7-15)9-12(16)11-8-10(17-2)4-5-13(11)18-3/h4-5,8,12,15-16H,6-7,9H2,1-3H3. The van der Waals surface area contributed by atoms with Gasteiger partial charge in [0.15, 0.2) is 0 Å². The van der Waals surface area contributed by atoms with Gasteiger partial charge in [0.25, 0.3) is 0 Å². The molecule has 0 saturated carbocycles.